The van der Waals surface area contributed by atoms with Crippen molar-refractivity contribution in [2.24, 2.45) is 0 Å². The van der Waals surface area contributed by atoms with Gasteiger partial charge in [-0.1, -0.05) is 45.3 Å². The van der Waals surface area contributed by atoms with Gasteiger partial charge < -0.3 is 5.48 Å². The van der Waals surface area contributed by atoms with E-state index in [2.05, 4.69) is 26.0 Å². The third-order valence-corrected chi connectivity index (χ3v) is 1.35. The van der Waals surface area contributed by atoms with Gasteiger partial charge in [0.1, 0.15) is 0 Å². The highest BCUT2D eigenvalue weighted by atomic mass is 16.0. The second-order valence-corrected chi connectivity index (χ2v) is 2.40. The molecule has 1 nitrogen and oxygen atoms in total. The maximum Gasteiger partial charge on any atom is -0.0351 e. The summed E-state index contributed by atoms with van der Waals surface area (Å²) in [7, 11) is 0. The standard InChI is InChI=1S/C9H18.H2O/c1-3-5-7-9-8-6-4-2;/h7,9H,3-6,8H2,1-2H3;1H2. The van der Waals surface area contributed by atoms with Crippen molar-refractivity contribution in [3.63, 3.8) is 0 Å². The normalized spacial score (nSPS) is 9.80. The highest BCUT2D eigenvalue weighted by molar-refractivity contribution is 4.80. The summed E-state index contributed by atoms with van der Waals surface area (Å²) >= 11 is 0. The van der Waals surface area contributed by atoms with Gasteiger partial charge in [-0.3, -0.25) is 0 Å². The molecule has 0 saturated carbocycles. The molecule has 0 fully saturated rings. The monoisotopic (exact) mass is 144 g/mol. The van der Waals surface area contributed by atoms with Crippen LogP contribution in [0.1, 0.15) is 46.0 Å². The van der Waals surface area contributed by atoms with E-state index in [9.17, 15) is 0 Å². The van der Waals surface area contributed by atoms with Crippen molar-refractivity contribution < 1.29 is 5.48 Å². The quantitative estimate of drug-likeness (QED) is 0.420. The van der Waals surface area contributed by atoms with Crippen molar-refractivity contribution in [1.29, 1.82) is 0 Å². The fourth-order valence-corrected chi connectivity index (χ4v) is 0.724. The van der Waals surface area contributed by atoms with E-state index in [1.807, 2.05) is 0 Å². The van der Waals surface area contributed by atoms with E-state index in [1.165, 1.54) is 32.1 Å². The maximum atomic E-state index is 2.30. The fraction of sp³-hybridized carbons (Fsp3) is 0.778. The molecule has 0 saturated heterocycles. The molecule has 0 radical (unpaired) electrons. The lowest BCUT2D eigenvalue weighted by molar-refractivity contribution is 0.810. The molecule has 0 amide bonds. The molecule has 62 valence electrons. The molecule has 0 aromatic heterocycles. The van der Waals surface area contributed by atoms with Crippen molar-refractivity contribution >= 4 is 0 Å². The molecule has 0 aromatic rings. The molecule has 0 atom stereocenters. The molecular weight excluding hydrogens is 124 g/mol. The first kappa shape index (κ1) is 12.4. The zero-order chi connectivity index (χ0) is 6.95. The first-order chi connectivity index (χ1) is 4.41. The highest BCUT2D eigenvalue weighted by Crippen LogP contribution is 1.96. The van der Waals surface area contributed by atoms with Gasteiger partial charge in [-0.2, -0.15) is 0 Å². The second kappa shape index (κ2) is 11.5. The zero-order valence-corrected chi connectivity index (χ0v) is 7.19. The molecule has 1 heteroatoms. The first-order valence-electron chi connectivity index (χ1n) is 4.06. The molecule has 0 aliphatic carbocycles. The van der Waals surface area contributed by atoms with Crippen LogP contribution >= 0.6 is 0 Å². The van der Waals surface area contributed by atoms with Gasteiger partial charge in [-0.25, -0.2) is 0 Å². The molecule has 10 heavy (non-hydrogen) atoms. The van der Waals surface area contributed by atoms with Gasteiger partial charge in [0.2, 0.25) is 0 Å². The van der Waals surface area contributed by atoms with E-state index in [0.29, 0.717) is 0 Å². The van der Waals surface area contributed by atoms with E-state index >= 15 is 0 Å². The smallest absolute Gasteiger partial charge is 0.0351 e. The molecule has 0 bridgehead atoms. The second-order valence-electron chi connectivity index (χ2n) is 2.40. The summed E-state index contributed by atoms with van der Waals surface area (Å²) < 4.78 is 0. The Kier molecular flexibility index (Phi) is 14.2. The third kappa shape index (κ3) is 10.6. The molecule has 0 heterocycles. The minimum absolute atomic E-state index is 0. The maximum absolute atomic E-state index is 2.30. The van der Waals surface area contributed by atoms with E-state index in [4.69, 9.17) is 0 Å². The van der Waals surface area contributed by atoms with Crippen LogP contribution in [-0.2, 0) is 0 Å². The summed E-state index contributed by atoms with van der Waals surface area (Å²) in [4.78, 5) is 0. The lowest BCUT2D eigenvalue weighted by Gasteiger charge is -1.87. The largest absolute Gasteiger partial charge is 0.412 e. The average molecular weight is 144 g/mol. The Morgan fingerprint density at radius 2 is 1.50 bits per heavy atom. The molecule has 0 aliphatic heterocycles. The summed E-state index contributed by atoms with van der Waals surface area (Å²) in [5, 5.41) is 0. The van der Waals surface area contributed by atoms with E-state index in [0.717, 1.165) is 0 Å². The lowest BCUT2D eigenvalue weighted by atomic mass is 10.2. The number of allylic oxidation sites excluding steroid dienone is 2. The molecule has 0 rings (SSSR count). The molecule has 0 spiro atoms. The van der Waals surface area contributed by atoms with Crippen LogP contribution in [0.3, 0.4) is 0 Å². The van der Waals surface area contributed by atoms with Crippen LogP contribution < -0.4 is 0 Å². The SMILES string of the molecule is CCCC=CCCCC.O. The highest BCUT2D eigenvalue weighted by Gasteiger charge is 1.76. The van der Waals surface area contributed by atoms with Crippen LogP contribution in [0, 0.1) is 0 Å². The van der Waals surface area contributed by atoms with Crippen LogP contribution in [0.5, 0.6) is 0 Å². The van der Waals surface area contributed by atoms with Gasteiger partial charge in [-0.15, -0.1) is 0 Å². The summed E-state index contributed by atoms with van der Waals surface area (Å²) in [6.07, 6.45) is 11.1. The molecule has 0 aromatic carbocycles. The fourth-order valence-electron chi connectivity index (χ4n) is 0.724. The van der Waals surface area contributed by atoms with Gasteiger partial charge in [0.25, 0.3) is 0 Å². The first-order valence-corrected chi connectivity index (χ1v) is 4.06. The van der Waals surface area contributed by atoms with Crippen molar-refractivity contribution in [2.75, 3.05) is 0 Å². The van der Waals surface area contributed by atoms with Crippen LogP contribution in [0.25, 0.3) is 0 Å². The van der Waals surface area contributed by atoms with E-state index < -0.39 is 0 Å². The summed E-state index contributed by atoms with van der Waals surface area (Å²) in [5.74, 6) is 0. The Balaban J connectivity index is 0. The van der Waals surface area contributed by atoms with Crippen LogP contribution in [0.2, 0.25) is 0 Å². The lowest BCUT2D eigenvalue weighted by Crippen LogP contribution is -1.66. The number of unbranched alkanes of at least 4 members (excludes halogenated alkanes) is 3. The molecular formula is C9H20O. The van der Waals surface area contributed by atoms with Crippen LogP contribution in [-0.4, -0.2) is 5.48 Å². The number of hydrogen-bond acceptors (Lipinski definition) is 0. The van der Waals surface area contributed by atoms with Crippen molar-refractivity contribution in [1.82, 2.24) is 0 Å². The van der Waals surface area contributed by atoms with Gasteiger partial charge in [-0.05, 0) is 12.8 Å². The minimum Gasteiger partial charge on any atom is -0.412 e. The average Bonchev–Trinajstić information content (AvgIpc) is 1.89. The van der Waals surface area contributed by atoms with E-state index in [1.54, 1.807) is 0 Å². The van der Waals surface area contributed by atoms with Gasteiger partial charge in [0, 0.05) is 0 Å². The van der Waals surface area contributed by atoms with Crippen molar-refractivity contribution in [3.05, 3.63) is 12.2 Å². The van der Waals surface area contributed by atoms with Crippen molar-refractivity contribution in [2.45, 2.75) is 46.0 Å². The molecule has 0 aliphatic rings. The predicted molar refractivity (Wildman–Crippen MR) is 47.2 cm³/mol. The van der Waals surface area contributed by atoms with Crippen LogP contribution in [0.4, 0.5) is 0 Å². The molecule has 0 unspecified atom stereocenters. The number of rotatable bonds is 5. The topological polar surface area (TPSA) is 31.5 Å². The Bertz CT molecular complexity index is 67.1. The van der Waals surface area contributed by atoms with Crippen LogP contribution in [0.15, 0.2) is 12.2 Å². The Morgan fingerprint density at radius 1 is 0.900 bits per heavy atom. The van der Waals surface area contributed by atoms with Gasteiger partial charge >= 0.3 is 0 Å². The summed E-state index contributed by atoms with van der Waals surface area (Å²) in [5.41, 5.74) is 0. The third-order valence-electron chi connectivity index (χ3n) is 1.35. The number of hydrogen-bond donors (Lipinski definition) is 0. The van der Waals surface area contributed by atoms with Gasteiger partial charge in [0.15, 0.2) is 0 Å². The Hall–Kier alpha value is -0.300. The summed E-state index contributed by atoms with van der Waals surface area (Å²) in [6, 6.07) is 0. The zero-order valence-electron chi connectivity index (χ0n) is 7.19. The Labute approximate surface area is 64.4 Å². The summed E-state index contributed by atoms with van der Waals surface area (Å²) in [6.45, 7) is 4.44. The predicted octanol–water partition coefficient (Wildman–Crippen LogP) is 2.71. The van der Waals surface area contributed by atoms with Crippen molar-refractivity contribution in [3.8, 4) is 0 Å². The van der Waals surface area contributed by atoms with E-state index in [-0.39, 0.29) is 5.48 Å². The van der Waals surface area contributed by atoms with Gasteiger partial charge in [0.05, 0.1) is 0 Å². The molecule has 2 N–H and O–H groups in total. The Morgan fingerprint density at radius 3 is 2.00 bits per heavy atom. The minimum atomic E-state index is 0.